The topological polar surface area (TPSA) is 125 Å². The van der Waals surface area contributed by atoms with Gasteiger partial charge in [-0.3, -0.25) is 10.2 Å². The molecular formula is C28H25F3N6O3. The first kappa shape index (κ1) is 26.9. The number of ether oxygens (including phenoxy) is 2. The molecule has 0 saturated carbocycles. The predicted octanol–water partition coefficient (Wildman–Crippen LogP) is 4.01. The van der Waals surface area contributed by atoms with Gasteiger partial charge in [-0.05, 0) is 24.3 Å². The average Bonchev–Trinajstić information content (AvgIpc) is 3.09. The van der Waals surface area contributed by atoms with Gasteiger partial charge in [0, 0.05) is 35.5 Å². The third-order valence-corrected chi connectivity index (χ3v) is 6.36. The lowest BCUT2D eigenvalue weighted by Gasteiger charge is -2.29. The number of alkyl halides is 3. The number of benzene rings is 3. The monoisotopic (exact) mass is 550 g/mol. The number of carbonyl (C=O) groups excluding carboxylic acids is 1. The number of rotatable bonds is 4. The van der Waals surface area contributed by atoms with Crippen LogP contribution in [-0.4, -0.2) is 56.0 Å². The molecule has 4 N–H and O–H groups in total. The molecule has 206 valence electrons. The normalized spacial score (nSPS) is 17.8. The van der Waals surface area contributed by atoms with Gasteiger partial charge in [0.2, 0.25) is 12.1 Å². The van der Waals surface area contributed by atoms with Crippen molar-refractivity contribution in [2.24, 2.45) is 15.7 Å². The van der Waals surface area contributed by atoms with E-state index in [-0.39, 0.29) is 0 Å². The first-order valence-electron chi connectivity index (χ1n) is 12.4. The van der Waals surface area contributed by atoms with Crippen LogP contribution < -0.4 is 16.0 Å². The number of benzodiazepines with no additional fused rings is 1. The Kier molecular flexibility index (Phi) is 7.52. The Labute approximate surface area is 227 Å². The van der Waals surface area contributed by atoms with E-state index in [1.165, 1.54) is 6.07 Å². The van der Waals surface area contributed by atoms with E-state index in [0.29, 0.717) is 54.5 Å². The van der Waals surface area contributed by atoms with Crippen molar-refractivity contribution in [2.75, 3.05) is 36.5 Å². The van der Waals surface area contributed by atoms with E-state index in [0.717, 1.165) is 12.1 Å². The maximum absolute atomic E-state index is 14.0. The van der Waals surface area contributed by atoms with Crippen molar-refractivity contribution >= 4 is 34.9 Å². The van der Waals surface area contributed by atoms with Gasteiger partial charge in [0.05, 0.1) is 30.2 Å². The summed E-state index contributed by atoms with van der Waals surface area (Å²) >= 11 is 0. The molecule has 9 nitrogen and oxygen atoms in total. The molecule has 3 aromatic carbocycles. The number of halogens is 3. The van der Waals surface area contributed by atoms with Crippen LogP contribution in [0.25, 0.3) is 0 Å². The summed E-state index contributed by atoms with van der Waals surface area (Å²) in [5.41, 5.74) is 7.01. The van der Waals surface area contributed by atoms with Crippen molar-refractivity contribution in [1.29, 1.82) is 5.41 Å². The average molecular weight is 551 g/mol. The first-order valence-corrected chi connectivity index (χ1v) is 12.4. The number of fused-ring (bicyclic) bond motifs is 1. The number of nitrogens with one attached hydrogen (secondary N) is 2. The van der Waals surface area contributed by atoms with Crippen LogP contribution in [0.4, 0.5) is 24.5 Å². The molecule has 12 heteroatoms. The van der Waals surface area contributed by atoms with Crippen LogP contribution in [0, 0.1) is 5.41 Å². The minimum atomic E-state index is -4.76. The highest BCUT2D eigenvalue weighted by Crippen LogP contribution is 2.35. The van der Waals surface area contributed by atoms with E-state index in [1.54, 1.807) is 29.2 Å². The quantitative estimate of drug-likeness (QED) is 0.334. The fourth-order valence-corrected chi connectivity index (χ4v) is 4.45. The molecule has 40 heavy (non-hydrogen) atoms. The van der Waals surface area contributed by atoms with Gasteiger partial charge in [-0.1, -0.05) is 48.5 Å². The van der Waals surface area contributed by atoms with E-state index >= 15 is 0 Å². The van der Waals surface area contributed by atoms with Crippen LogP contribution >= 0.6 is 0 Å². The summed E-state index contributed by atoms with van der Waals surface area (Å²) < 4.78 is 52.4. The van der Waals surface area contributed by atoms with Crippen LogP contribution in [0.5, 0.6) is 0 Å². The number of anilines is 2. The van der Waals surface area contributed by atoms with Gasteiger partial charge in [-0.2, -0.15) is 18.2 Å². The predicted molar refractivity (Wildman–Crippen MR) is 145 cm³/mol. The lowest BCUT2D eigenvalue weighted by Crippen LogP contribution is -2.36. The molecule has 1 fully saturated rings. The first-order chi connectivity index (χ1) is 19.2. The van der Waals surface area contributed by atoms with E-state index in [1.807, 2.05) is 30.3 Å². The van der Waals surface area contributed by atoms with Crippen molar-refractivity contribution in [1.82, 2.24) is 0 Å². The van der Waals surface area contributed by atoms with Crippen molar-refractivity contribution in [3.8, 4) is 0 Å². The third-order valence-electron chi connectivity index (χ3n) is 6.36. The van der Waals surface area contributed by atoms with E-state index < -0.39 is 41.3 Å². The van der Waals surface area contributed by atoms with Gasteiger partial charge < -0.3 is 25.4 Å². The maximum Gasteiger partial charge on any atom is 0.417 e. The van der Waals surface area contributed by atoms with Crippen molar-refractivity contribution < 1.29 is 27.4 Å². The number of carbonyl (C=O) groups is 1. The van der Waals surface area contributed by atoms with Crippen LogP contribution in [0.2, 0.25) is 0 Å². The molecule has 0 spiro atoms. The zero-order valence-corrected chi connectivity index (χ0v) is 21.1. The highest BCUT2D eigenvalue weighted by atomic mass is 19.4. The number of aliphatic imine (C=N–C) groups is 2. The van der Waals surface area contributed by atoms with E-state index in [2.05, 4.69) is 15.3 Å². The maximum atomic E-state index is 14.0. The molecule has 0 aliphatic carbocycles. The largest absolute Gasteiger partial charge is 0.417 e. The van der Waals surface area contributed by atoms with Gasteiger partial charge >= 0.3 is 6.18 Å². The lowest BCUT2D eigenvalue weighted by molar-refractivity contribution is -0.137. The number of nitrogens with zero attached hydrogens (tertiary/aromatic N) is 3. The Morgan fingerprint density at radius 3 is 2.50 bits per heavy atom. The molecule has 1 unspecified atom stereocenters. The van der Waals surface area contributed by atoms with Crippen LogP contribution in [-0.2, 0) is 20.4 Å². The van der Waals surface area contributed by atoms with Crippen LogP contribution in [0.3, 0.4) is 0 Å². The molecule has 2 aliphatic heterocycles. The van der Waals surface area contributed by atoms with Crippen LogP contribution in [0.1, 0.15) is 22.3 Å². The van der Waals surface area contributed by atoms with Gasteiger partial charge in [0.25, 0.3) is 11.9 Å². The summed E-state index contributed by atoms with van der Waals surface area (Å²) in [5, 5.41) is 11.0. The molecule has 1 amide bonds. The summed E-state index contributed by atoms with van der Waals surface area (Å²) in [6.45, 7) is 1.71. The number of hydrogen-bond acceptors (Lipinski definition) is 7. The molecule has 2 aliphatic rings. The zero-order valence-electron chi connectivity index (χ0n) is 21.1. The van der Waals surface area contributed by atoms with Crippen molar-refractivity contribution in [2.45, 2.75) is 12.3 Å². The Balaban J connectivity index is 1.43. The van der Waals surface area contributed by atoms with Gasteiger partial charge in [0.15, 0.2) is 0 Å². The summed E-state index contributed by atoms with van der Waals surface area (Å²) in [5.74, 6) is -1.49. The van der Waals surface area contributed by atoms with Gasteiger partial charge in [0.1, 0.15) is 0 Å². The Morgan fingerprint density at radius 2 is 1.77 bits per heavy atom. The number of hydrogen-bond donors (Lipinski definition) is 3. The SMILES string of the molecule is N=C(O/C(N)=N/C1N=C(c2ccccc2)c2ccccc2NC1=O)c1ccc(N2CCOCC2)cc1C(F)(F)F. The molecule has 1 saturated heterocycles. The standard InChI is InChI=1S/C28H25F3N6O3/c29-28(30,31)21-16-18(37-12-14-39-15-13-37)10-11-19(21)24(32)40-27(33)36-25-26(38)34-22-9-5-4-8-20(22)23(35-25)17-6-2-1-3-7-17/h1-11,16,25,32H,12-15H2,(H2,33,36)(H,34,38). The molecule has 1 atom stereocenters. The number of amides is 1. The number of nitrogens with two attached hydrogens (primary N) is 1. The fraction of sp³-hybridized carbons (Fsp3) is 0.214. The summed E-state index contributed by atoms with van der Waals surface area (Å²) in [7, 11) is 0. The smallest absolute Gasteiger partial charge is 0.407 e. The summed E-state index contributed by atoms with van der Waals surface area (Å²) in [6.07, 6.45) is -6.18. The number of morpholine rings is 1. The summed E-state index contributed by atoms with van der Waals surface area (Å²) in [6, 6.07) is 19.1. The number of para-hydroxylation sites is 1. The van der Waals surface area contributed by atoms with Crippen molar-refractivity contribution in [3.05, 3.63) is 95.1 Å². The minimum absolute atomic E-state index is 0.353. The molecule has 3 aromatic rings. The fourth-order valence-electron chi connectivity index (χ4n) is 4.45. The highest BCUT2D eigenvalue weighted by molar-refractivity contribution is 6.19. The lowest BCUT2D eigenvalue weighted by atomic mass is 10.0. The zero-order chi connectivity index (χ0) is 28.3. The van der Waals surface area contributed by atoms with E-state index in [4.69, 9.17) is 20.6 Å². The van der Waals surface area contributed by atoms with Crippen molar-refractivity contribution in [3.63, 3.8) is 0 Å². The molecule has 5 rings (SSSR count). The Bertz CT molecular complexity index is 1480. The Morgan fingerprint density at radius 1 is 1.07 bits per heavy atom. The third kappa shape index (κ3) is 5.81. The molecular weight excluding hydrogens is 525 g/mol. The molecule has 0 bridgehead atoms. The molecule has 2 heterocycles. The second kappa shape index (κ2) is 11.2. The van der Waals surface area contributed by atoms with E-state index in [9.17, 15) is 18.0 Å². The number of amidine groups is 1. The highest BCUT2D eigenvalue weighted by Gasteiger charge is 2.36. The van der Waals surface area contributed by atoms with Crippen LogP contribution in [0.15, 0.2) is 82.8 Å². The summed E-state index contributed by atoms with van der Waals surface area (Å²) in [4.78, 5) is 23.2. The van der Waals surface area contributed by atoms with Gasteiger partial charge in [-0.25, -0.2) is 4.99 Å². The Hall–Kier alpha value is -4.71. The van der Waals surface area contributed by atoms with Gasteiger partial charge in [-0.15, -0.1) is 0 Å². The molecule has 0 aromatic heterocycles. The second-order valence-electron chi connectivity index (χ2n) is 8.98. The molecule has 0 radical (unpaired) electrons. The second-order valence-corrected chi connectivity index (χ2v) is 8.98. The minimum Gasteiger partial charge on any atom is -0.407 e.